The minimum atomic E-state index is -2.70. The third kappa shape index (κ3) is 2.30. The number of nitrogens with zero attached hydrogens (tertiary/aromatic N) is 3. The summed E-state index contributed by atoms with van der Waals surface area (Å²) < 4.78 is 25.5. The maximum absolute atomic E-state index is 12.4. The van der Waals surface area contributed by atoms with Crippen molar-refractivity contribution < 1.29 is 13.7 Å². The Morgan fingerprint density at radius 1 is 1.50 bits per heavy atom. The Balaban J connectivity index is 2.54. The van der Waals surface area contributed by atoms with E-state index >= 15 is 0 Å². The Labute approximate surface area is 105 Å². The second-order valence-corrected chi connectivity index (χ2v) is 3.79. The molecule has 2 heterocycles. The van der Waals surface area contributed by atoms with Crippen LogP contribution in [-0.4, -0.2) is 14.5 Å². The number of halogens is 3. The lowest BCUT2D eigenvalue weighted by atomic mass is 10.1. The number of nitro groups is 1. The topological polar surface area (TPSA) is 61.0 Å². The average Bonchev–Trinajstić information content (AvgIpc) is 2.77. The average molecular weight is 274 g/mol. The normalized spacial score (nSPS) is 10.9. The summed E-state index contributed by atoms with van der Waals surface area (Å²) in [5, 5.41) is 10.9. The van der Waals surface area contributed by atoms with Gasteiger partial charge in [0.1, 0.15) is 11.3 Å². The van der Waals surface area contributed by atoms with Crippen LogP contribution in [0, 0.1) is 10.1 Å². The van der Waals surface area contributed by atoms with Crippen molar-refractivity contribution in [2.75, 3.05) is 0 Å². The number of hydrogen-bond acceptors (Lipinski definition) is 3. The smallest absolute Gasteiger partial charge is 0.298 e. The summed E-state index contributed by atoms with van der Waals surface area (Å²) in [7, 11) is 0. The first-order valence-corrected chi connectivity index (χ1v) is 5.13. The third-order valence-corrected chi connectivity index (χ3v) is 2.50. The van der Waals surface area contributed by atoms with Crippen LogP contribution in [0.15, 0.2) is 30.7 Å². The Hall–Kier alpha value is -2.02. The van der Waals surface area contributed by atoms with Crippen LogP contribution in [0.3, 0.4) is 0 Å². The van der Waals surface area contributed by atoms with E-state index in [0.29, 0.717) is 4.57 Å². The summed E-state index contributed by atoms with van der Waals surface area (Å²) in [5.41, 5.74) is 0.150. The van der Waals surface area contributed by atoms with E-state index in [1.807, 2.05) is 0 Å². The molecule has 8 heteroatoms. The Kier molecular flexibility index (Phi) is 3.24. The zero-order chi connectivity index (χ0) is 13.3. The molecule has 0 aromatic carbocycles. The number of alkyl halides is 2. The quantitative estimate of drug-likeness (QED) is 0.488. The van der Waals surface area contributed by atoms with Crippen LogP contribution in [0.1, 0.15) is 6.55 Å². The van der Waals surface area contributed by atoms with Crippen LogP contribution in [-0.2, 0) is 0 Å². The molecule has 0 aliphatic heterocycles. The molecule has 0 bridgehead atoms. The van der Waals surface area contributed by atoms with E-state index in [-0.39, 0.29) is 22.0 Å². The molecule has 2 aromatic rings. The highest BCUT2D eigenvalue weighted by atomic mass is 35.5. The van der Waals surface area contributed by atoms with E-state index in [4.69, 9.17) is 11.6 Å². The Morgan fingerprint density at radius 3 is 2.78 bits per heavy atom. The SMILES string of the molecule is O=[N+]([O-])c1cnc(Cl)cc1-c1ccn(C(F)F)c1. The standard InChI is InChI=1S/C10H6ClF2N3O2/c11-9-3-7(8(4-14-9)16(17)18)6-1-2-15(5-6)10(12)13/h1-5,10H. The lowest BCUT2D eigenvalue weighted by Gasteiger charge is -2.01. The van der Waals surface area contributed by atoms with Crippen LogP contribution in [0.4, 0.5) is 14.5 Å². The van der Waals surface area contributed by atoms with Gasteiger partial charge in [-0.3, -0.25) is 14.7 Å². The van der Waals surface area contributed by atoms with Crippen LogP contribution < -0.4 is 0 Å². The molecule has 0 radical (unpaired) electrons. The number of rotatable bonds is 3. The van der Waals surface area contributed by atoms with Gasteiger partial charge in [0.15, 0.2) is 0 Å². The number of aromatic nitrogens is 2. The van der Waals surface area contributed by atoms with Crippen molar-refractivity contribution in [1.82, 2.24) is 9.55 Å². The fourth-order valence-electron chi connectivity index (χ4n) is 1.49. The van der Waals surface area contributed by atoms with Crippen molar-refractivity contribution in [3.05, 3.63) is 46.0 Å². The summed E-state index contributed by atoms with van der Waals surface area (Å²) in [6, 6.07) is 2.62. The van der Waals surface area contributed by atoms with E-state index in [1.54, 1.807) is 0 Å². The van der Waals surface area contributed by atoms with Gasteiger partial charge in [-0.1, -0.05) is 11.6 Å². The molecule has 0 atom stereocenters. The highest BCUT2D eigenvalue weighted by Crippen LogP contribution is 2.32. The van der Waals surface area contributed by atoms with Gasteiger partial charge in [0.05, 0.1) is 10.5 Å². The van der Waals surface area contributed by atoms with E-state index in [1.165, 1.54) is 12.1 Å². The van der Waals surface area contributed by atoms with Crippen molar-refractivity contribution in [2.45, 2.75) is 6.55 Å². The summed E-state index contributed by atoms with van der Waals surface area (Å²) >= 11 is 5.65. The fraction of sp³-hybridized carbons (Fsp3) is 0.100. The molecular weight excluding hydrogens is 268 g/mol. The molecule has 0 saturated carbocycles. The third-order valence-electron chi connectivity index (χ3n) is 2.30. The predicted molar refractivity (Wildman–Crippen MR) is 60.6 cm³/mol. The van der Waals surface area contributed by atoms with Gasteiger partial charge in [0.25, 0.3) is 5.69 Å². The maximum atomic E-state index is 12.4. The molecule has 0 spiro atoms. The lowest BCUT2D eigenvalue weighted by Crippen LogP contribution is -1.94. The highest BCUT2D eigenvalue weighted by molar-refractivity contribution is 6.29. The summed E-state index contributed by atoms with van der Waals surface area (Å²) in [4.78, 5) is 13.8. The van der Waals surface area contributed by atoms with Gasteiger partial charge in [-0.05, 0) is 12.1 Å². The van der Waals surface area contributed by atoms with Crippen molar-refractivity contribution in [1.29, 1.82) is 0 Å². The van der Waals surface area contributed by atoms with Gasteiger partial charge in [-0.15, -0.1) is 0 Å². The lowest BCUT2D eigenvalue weighted by molar-refractivity contribution is -0.384. The fourth-order valence-corrected chi connectivity index (χ4v) is 1.65. The van der Waals surface area contributed by atoms with Crippen molar-refractivity contribution >= 4 is 17.3 Å². The molecule has 2 aromatic heterocycles. The van der Waals surface area contributed by atoms with Crippen molar-refractivity contribution in [2.24, 2.45) is 0 Å². The summed E-state index contributed by atoms with van der Waals surface area (Å²) in [6.07, 6.45) is 3.25. The Morgan fingerprint density at radius 2 is 2.22 bits per heavy atom. The molecule has 0 aliphatic carbocycles. The first-order chi connectivity index (χ1) is 8.49. The minimum Gasteiger partial charge on any atom is -0.298 e. The van der Waals surface area contributed by atoms with E-state index in [2.05, 4.69) is 4.98 Å². The molecule has 2 rings (SSSR count). The molecule has 0 saturated heterocycles. The van der Waals surface area contributed by atoms with Crippen LogP contribution in [0.2, 0.25) is 5.15 Å². The molecule has 5 nitrogen and oxygen atoms in total. The van der Waals surface area contributed by atoms with Crippen LogP contribution >= 0.6 is 11.6 Å². The van der Waals surface area contributed by atoms with Crippen molar-refractivity contribution in [3.63, 3.8) is 0 Å². The van der Waals surface area contributed by atoms with Gasteiger partial charge in [0.2, 0.25) is 0 Å². The van der Waals surface area contributed by atoms with Gasteiger partial charge in [-0.25, -0.2) is 4.98 Å². The van der Waals surface area contributed by atoms with Gasteiger partial charge >= 0.3 is 6.55 Å². The van der Waals surface area contributed by atoms with Gasteiger partial charge in [0, 0.05) is 18.0 Å². The monoisotopic (exact) mass is 273 g/mol. The maximum Gasteiger partial charge on any atom is 0.318 e. The summed E-state index contributed by atoms with van der Waals surface area (Å²) in [5.74, 6) is 0. The molecule has 0 amide bonds. The van der Waals surface area contributed by atoms with Gasteiger partial charge in [-0.2, -0.15) is 8.78 Å². The Bertz CT molecular complexity index is 601. The molecule has 0 aliphatic rings. The molecule has 0 fully saturated rings. The second-order valence-electron chi connectivity index (χ2n) is 3.41. The molecule has 18 heavy (non-hydrogen) atoms. The largest absolute Gasteiger partial charge is 0.318 e. The van der Waals surface area contributed by atoms with Crippen molar-refractivity contribution in [3.8, 4) is 11.1 Å². The molecule has 0 unspecified atom stereocenters. The van der Waals surface area contributed by atoms with E-state index in [9.17, 15) is 18.9 Å². The second kappa shape index (κ2) is 4.69. The first kappa shape index (κ1) is 12.4. The first-order valence-electron chi connectivity index (χ1n) is 4.75. The van der Waals surface area contributed by atoms with E-state index < -0.39 is 11.5 Å². The molecular formula is C10H6ClF2N3O2. The van der Waals surface area contributed by atoms with Crippen LogP contribution in [0.5, 0.6) is 0 Å². The molecule has 94 valence electrons. The van der Waals surface area contributed by atoms with Crippen LogP contribution in [0.25, 0.3) is 11.1 Å². The summed E-state index contributed by atoms with van der Waals surface area (Å²) in [6.45, 7) is -2.70. The number of hydrogen-bond donors (Lipinski definition) is 0. The van der Waals surface area contributed by atoms with E-state index in [0.717, 1.165) is 18.6 Å². The minimum absolute atomic E-state index is 0.0559. The highest BCUT2D eigenvalue weighted by Gasteiger charge is 2.18. The zero-order valence-electron chi connectivity index (χ0n) is 8.76. The van der Waals surface area contributed by atoms with Gasteiger partial charge < -0.3 is 0 Å². The number of pyridine rings is 1. The predicted octanol–water partition coefficient (Wildman–Crippen LogP) is 3.51. The molecule has 0 N–H and O–H groups in total. The zero-order valence-corrected chi connectivity index (χ0v) is 9.51.